The second-order valence-corrected chi connectivity index (χ2v) is 6.49. The van der Waals surface area contributed by atoms with Crippen molar-refractivity contribution in [3.8, 4) is 0 Å². The van der Waals surface area contributed by atoms with Gasteiger partial charge in [0.25, 0.3) is 0 Å². The van der Waals surface area contributed by atoms with E-state index in [2.05, 4.69) is 60.9 Å². The molecule has 0 radical (unpaired) electrons. The van der Waals surface area contributed by atoms with E-state index in [1.807, 2.05) is 11.7 Å². The van der Waals surface area contributed by atoms with Gasteiger partial charge in [-0.2, -0.15) is 5.10 Å². The molecule has 4 heteroatoms. The zero-order valence-corrected chi connectivity index (χ0v) is 15.0. The number of benzene rings is 1. The SMILES string of the molecule is CCc1nn(C)c(CC(O)c2cc(C)c(C)cc2C)c1Br. The van der Waals surface area contributed by atoms with Crippen LogP contribution in [0.25, 0.3) is 0 Å². The largest absolute Gasteiger partial charge is 0.388 e. The summed E-state index contributed by atoms with van der Waals surface area (Å²) in [5.74, 6) is 0. The molecule has 0 aliphatic rings. The second-order valence-electron chi connectivity index (χ2n) is 5.70. The van der Waals surface area contributed by atoms with Crippen LogP contribution in [0.3, 0.4) is 0 Å². The number of aryl methyl sites for hydroxylation is 5. The summed E-state index contributed by atoms with van der Waals surface area (Å²) in [6, 6.07) is 4.24. The van der Waals surface area contributed by atoms with Gasteiger partial charge in [-0.3, -0.25) is 4.68 Å². The normalized spacial score (nSPS) is 12.7. The molecule has 0 aliphatic carbocycles. The van der Waals surface area contributed by atoms with Crippen molar-refractivity contribution in [3.05, 3.63) is 50.2 Å². The number of hydrogen-bond donors (Lipinski definition) is 1. The molecule has 0 spiro atoms. The van der Waals surface area contributed by atoms with Gasteiger partial charge in [0.2, 0.25) is 0 Å². The smallest absolute Gasteiger partial charge is 0.0848 e. The van der Waals surface area contributed by atoms with Crippen molar-refractivity contribution in [2.45, 2.75) is 46.6 Å². The van der Waals surface area contributed by atoms with Crippen LogP contribution in [0, 0.1) is 20.8 Å². The molecule has 1 unspecified atom stereocenters. The number of rotatable bonds is 4. The highest BCUT2D eigenvalue weighted by Gasteiger charge is 2.19. The highest BCUT2D eigenvalue weighted by molar-refractivity contribution is 9.10. The molecule has 1 aromatic carbocycles. The third-order valence-electron chi connectivity index (χ3n) is 4.13. The Morgan fingerprint density at radius 3 is 2.38 bits per heavy atom. The van der Waals surface area contributed by atoms with E-state index in [9.17, 15) is 5.11 Å². The fourth-order valence-electron chi connectivity index (χ4n) is 2.68. The van der Waals surface area contributed by atoms with Crippen LogP contribution < -0.4 is 0 Å². The maximum atomic E-state index is 10.6. The quantitative estimate of drug-likeness (QED) is 0.906. The minimum atomic E-state index is -0.513. The van der Waals surface area contributed by atoms with E-state index in [-0.39, 0.29) is 0 Å². The third-order valence-corrected chi connectivity index (χ3v) is 5.05. The summed E-state index contributed by atoms with van der Waals surface area (Å²) >= 11 is 3.61. The lowest BCUT2D eigenvalue weighted by molar-refractivity contribution is 0.175. The summed E-state index contributed by atoms with van der Waals surface area (Å²) in [5.41, 5.74) is 6.70. The Kier molecular flexibility index (Phi) is 4.89. The van der Waals surface area contributed by atoms with E-state index >= 15 is 0 Å². The highest BCUT2D eigenvalue weighted by atomic mass is 79.9. The Labute approximate surface area is 135 Å². The van der Waals surface area contributed by atoms with E-state index in [1.54, 1.807) is 0 Å². The fourth-order valence-corrected chi connectivity index (χ4v) is 3.45. The summed E-state index contributed by atoms with van der Waals surface area (Å²) in [4.78, 5) is 0. The second kappa shape index (κ2) is 6.32. The molecular formula is C17H23BrN2O. The summed E-state index contributed by atoms with van der Waals surface area (Å²) in [6.45, 7) is 8.32. The Balaban J connectivity index is 2.32. The molecule has 3 nitrogen and oxygen atoms in total. The van der Waals surface area contributed by atoms with Gasteiger partial charge < -0.3 is 5.11 Å². The van der Waals surface area contributed by atoms with Crippen LogP contribution in [-0.2, 0) is 19.9 Å². The molecule has 2 rings (SSSR count). The minimum absolute atomic E-state index is 0.513. The number of nitrogens with zero attached hydrogens (tertiary/aromatic N) is 2. The number of hydrogen-bond acceptors (Lipinski definition) is 2. The molecule has 0 saturated heterocycles. The maximum absolute atomic E-state index is 10.6. The molecule has 1 aromatic heterocycles. The predicted molar refractivity (Wildman–Crippen MR) is 89.6 cm³/mol. The van der Waals surface area contributed by atoms with Crippen molar-refractivity contribution in [3.63, 3.8) is 0 Å². The molecule has 0 bridgehead atoms. The van der Waals surface area contributed by atoms with Crippen molar-refractivity contribution < 1.29 is 5.11 Å². The summed E-state index contributed by atoms with van der Waals surface area (Å²) in [7, 11) is 1.93. The molecule has 1 heterocycles. The first kappa shape index (κ1) is 16.2. The fraction of sp³-hybridized carbons (Fsp3) is 0.471. The molecule has 21 heavy (non-hydrogen) atoms. The standard InChI is InChI=1S/C17H23BrN2O/c1-6-14-17(18)15(20(5)19-14)9-16(21)13-8-11(3)10(2)7-12(13)4/h7-8,16,21H,6,9H2,1-5H3. The molecule has 0 fully saturated rings. The molecule has 0 amide bonds. The lowest BCUT2D eigenvalue weighted by Crippen LogP contribution is -2.09. The molecule has 1 atom stereocenters. The van der Waals surface area contributed by atoms with Gasteiger partial charge in [0.15, 0.2) is 0 Å². The van der Waals surface area contributed by atoms with Crippen molar-refractivity contribution in [2.75, 3.05) is 0 Å². The van der Waals surface area contributed by atoms with E-state index in [0.717, 1.165) is 33.4 Å². The lowest BCUT2D eigenvalue weighted by atomic mass is 9.95. The zero-order valence-electron chi connectivity index (χ0n) is 13.4. The number of aliphatic hydroxyl groups excluding tert-OH is 1. The van der Waals surface area contributed by atoms with Gasteiger partial charge in [0.05, 0.1) is 22.0 Å². The monoisotopic (exact) mass is 350 g/mol. The van der Waals surface area contributed by atoms with Crippen molar-refractivity contribution in [1.82, 2.24) is 9.78 Å². The van der Waals surface area contributed by atoms with Crippen LogP contribution >= 0.6 is 15.9 Å². The van der Waals surface area contributed by atoms with Crippen molar-refractivity contribution in [2.24, 2.45) is 7.05 Å². The molecule has 114 valence electrons. The van der Waals surface area contributed by atoms with Crippen LogP contribution in [0.5, 0.6) is 0 Å². The van der Waals surface area contributed by atoms with Crippen LogP contribution in [0.15, 0.2) is 16.6 Å². The number of aliphatic hydroxyl groups is 1. The van der Waals surface area contributed by atoms with Gasteiger partial charge in [-0.15, -0.1) is 0 Å². The van der Waals surface area contributed by atoms with E-state index in [0.29, 0.717) is 6.42 Å². The number of aromatic nitrogens is 2. The van der Waals surface area contributed by atoms with Gasteiger partial charge in [-0.05, 0) is 65.4 Å². The average molecular weight is 351 g/mol. The van der Waals surface area contributed by atoms with Crippen molar-refractivity contribution in [1.29, 1.82) is 0 Å². The average Bonchev–Trinajstić information content (AvgIpc) is 2.70. The topological polar surface area (TPSA) is 38.0 Å². The molecule has 2 aromatic rings. The molecule has 0 aliphatic heterocycles. The van der Waals surface area contributed by atoms with Crippen LogP contribution in [0.2, 0.25) is 0 Å². The number of halogens is 1. The van der Waals surface area contributed by atoms with Crippen LogP contribution in [-0.4, -0.2) is 14.9 Å². The van der Waals surface area contributed by atoms with E-state index < -0.39 is 6.10 Å². The Morgan fingerprint density at radius 2 is 1.81 bits per heavy atom. The molecular weight excluding hydrogens is 328 g/mol. The van der Waals surface area contributed by atoms with Gasteiger partial charge in [-0.25, -0.2) is 0 Å². The summed E-state index contributed by atoms with van der Waals surface area (Å²) in [5, 5.41) is 15.1. The molecule has 1 N–H and O–H groups in total. The van der Waals surface area contributed by atoms with Crippen molar-refractivity contribution >= 4 is 15.9 Å². The first-order valence-electron chi connectivity index (χ1n) is 7.31. The maximum Gasteiger partial charge on any atom is 0.0848 e. The Bertz CT molecular complexity index is 661. The Hall–Kier alpha value is -1.13. The summed E-state index contributed by atoms with van der Waals surface area (Å²) in [6.07, 6.45) is 0.932. The first-order chi connectivity index (χ1) is 9.85. The predicted octanol–water partition coefficient (Wildman–Crippen LogP) is 3.95. The lowest BCUT2D eigenvalue weighted by Gasteiger charge is -2.16. The van der Waals surface area contributed by atoms with Gasteiger partial charge in [0.1, 0.15) is 0 Å². The van der Waals surface area contributed by atoms with Crippen LogP contribution in [0.4, 0.5) is 0 Å². The summed E-state index contributed by atoms with van der Waals surface area (Å²) < 4.78 is 2.88. The molecule has 0 saturated carbocycles. The van der Waals surface area contributed by atoms with Gasteiger partial charge in [-0.1, -0.05) is 19.1 Å². The Morgan fingerprint density at radius 1 is 1.19 bits per heavy atom. The zero-order chi connectivity index (χ0) is 15.7. The van der Waals surface area contributed by atoms with Gasteiger partial charge >= 0.3 is 0 Å². The van der Waals surface area contributed by atoms with Crippen LogP contribution in [0.1, 0.15) is 46.7 Å². The minimum Gasteiger partial charge on any atom is -0.388 e. The van der Waals surface area contributed by atoms with Gasteiger partial charge in [0, 0.05) is 13.5 Å². The first-order valence-corrected chi connectivity index (χ1v) is 8.10. The van der Waals surface area contributed by atoms with E-state index in [1.165, 1.54) is 11.1 Å². The third kappa shape index (κ3) is 3.22. The highest BCUT2D eigenvalue weighted by Crippen LogP contribution is 2.29. The van der Waals surface area contributed by atoms with E-state index in [4.69, 9.17) is 0 Å².